The third-order valence-electron chi connectivity index (χ3n) is 5.50. The lowest BCUT2D eigenvalue weighted by molar-refractivity contribution is -0.126. The van der Waals surface area contributed by atoms with Crippen molar-refractivity contribution in [3.63, 3.8) is 0 Å². The maximum atomic E-state index is 12.6. The van der Waals surface area contributed by atoms with Gasteiger partial charge in [-0.2, -0.15) is 0 Å². The van der Waals surface area contributed by atoms with E-state index in [2.05, 4.69) is 10.6 Å². The summed E-state index contributed by atoms with van der Waals surface area (Å²) in [7, 11) is 0. The third kappa shape index (κ3) is 5.72. The molecule has 0 saturated heterocycles. The molecule has 2 N–H and O–H groups in total. The average molecular weight is 373 g/mol. The molecule has 1 heterocycles. The van der Waals surface area contributed by atoms with E-state index in [9.17, 15) is 9.59 Å². The first-order valence-electron chi connectivity index (χ1n) is 10.3. The Balaban J connectivity index is 1.55. The van der Waals surface area contributed by atoms with Crippen molar-refractivity contribution in [1.82, 2.24) is 5.32 Å². The number of amides is 2. The summed E-state index contributed by atoms with van der Waals surface area (Å²) in [6.07, 6.45) is 7.50. The topological polar surface area (TPSA) is 67.4 Å². The van der Waals surface area contributed by atoms with Crippen molar-refractivity contribution < 1.29 is 14.3 Å². The van der Waals surface area contributed by atoms with E-state index in [-0.39, 0.29) is 17.7 Å². The first kappa shape index (κ1) is 19.7. The van der Waals surface area contributed by atoms with Crippen LogP contribution in [0.2, 0.25) is 0 Å². The Labute approximate surface area is 162 Å². The van der Waals surface area contributed by atoms with Crippen LogP contribution in [-0.4, -0.2) is 25.0 Å². The number of benzene rings is 1. The van der Waals surface area contributed by atoms with Gasteiger partial charge in [-0.1, -0.05) is 33.1 Å². The van der Waals surface area contributed by atoms with Crippen LogP contribution in [0.3, 0.4) is 0 Å². The second-order valence-electron chi connectivity index (χ2n) is 8.43. The van der Waals surface area contributed by atoms with Crippen molar-refractivity contribution in [3.05, 3.63) is 23.8 Å². The molecule has 148 valence electrons. The fraction of sp³-hybridized carbons (Fsp3) is 0.636. The summed E-state index contributed by atoms with van der Waals surface area (Å²) in [5, 5.41) is 6.07. The van der Waals surface area contributed by atoms with Gasteiger partial charge in [0.1, 0.15) is 12.4 Å². The highest BCUT2D eigenvalue weighted by atomic mass is 16.5. The highest BCUT2D eigenvalue weighted by Gasteiger charge is 2.27. The Kier molecular flexibility index (Phi) is 6.75. The average Bonchev–Trinajstić information content (AvgIpc) is 2.65. The lowest BCUT2D eigenvalue weighted by atomic mass is 9.89. The predicted octanol–water partition coefficient (Wildman–Crippen LogP) is 3.92. The van der Waals surface area contributed by atoms with Gasteiger partial charge in [-0.3, -0.25) is 9.59 Å². The molecule has 0 spiro atoms. The van der Waals surface area contributed by atoms with Gasteiger partial charge < -0.3 is 15.4 Å². The standard InChI is InChI=1S/C22H32N2O3/c1-15(2)10-21(25)24-19-8-9-20-17(12-19)11-18(14-27-20)22(26)23-13-16-6-4-3-5-7-16/h8-9,12,15-16,18H,3-7,10-11,13-14H2,1-2H3,(H,23,26)(H,24,25). The highest BCUT2D eigenvalue weighted by molar-refractivity contribution is 5.91. The number of carbonyl (C=O) groups excluding carboxylic acids is 2. The molecule has 1 aromatic carbocycles. The molecule has 27 heavy (non-hydrogen) atoms. The lowest BCUT2D eigenvalue weighted by Crippen LogP contribution is -2.39. The first-order valence-corrected chi connectivity index (χ1v) is 10.3. The first-order chi connectivity index (χ1) is 13.0. The Hall–Kier alpha value is -2.04. The molecule has 3 rings (SSSR count). The quantitative estimate of drug-likeness (QED) is 0.795. The summed E-state index contributed by atoms with van der Waals surface area (Å²) in [6.45, 7) is 5.25. The molecule has 0 aromatic heterocycles. The molecule has 1 saturated carbocycles. The molecule has 0 radical (unpaired) electrons. The third-order valence-corrected chi connectivity index (χ3v) is 5.50. The molecule has 5 nitrogen and oxygen atoms in total. The van der Waals surface area contributed by atoms with Gasteiger partial charge in [0.05, 0.1) is 5.92 Å². The van der Waals surface area contributed by atoms with Crippen LogP contribution in [0.1, 0.15) is 57.9 Å². The molecular formula is C22H32N2O3. The fourth-order valence-corrected chi connectivity index (χ4v) is 4.00. The van der Waals surface area contributed by atoms with Crippen molar-refractivity contribution in [2.45, 2.75) is 58.8 Å². The molecule has 1 fully saturated rings. The number of hydrogen-bond donors (Lipinski definition) is 2. The van der Waals surface area contributed by atoms with E-state index in [0.29, 0.717) is 31.3 Å². The zero-order chi connectivity index (χ0) is 19.2. The van der Waals surface area contributed by atoms with E-state index >= 15 is 0 Å². The molecule has 1 aromatic rings. The van der Waals surface area contributed by atoms with Crippen LogP contribution in [0.15, 0.2) is 18.2 Å². The van der Waals surface area contributed by atoms with E-state index in [1.54, 1.807) is 0 Å². The largest absolute Gasteiger partial charge is 0.492 e. The molecule has 1 aliphatic carbocycles. The predicted molar refractivity (Wildman–Crippen MR) is 107 cm³/mol. The second-order valence-corrected chi connectivity index (χ2v) is 8.43. The lowest BCUT2D eigenvalue weighted by Gasteiger charge is -2.27. The van der Waals surface area contributed by atoms with Crippen LogP contribution in [0.25, 0.3) is 0 Å². The van der Waals surface area contributed by atoms with Gasteiger partial charge in [0.15, 0.2) is 0 Å². The smallest absolute Gasteiger partial charge is 0.226 e. The number of ether oxygens (including phenoxy) is 1. The number of nitrogens with one attached hydrogen (secondary N) is 2. The summed E-state index contributed by atoms with van der Waals surface area (Å²) in [6, 6.07) is 5.69. The SMILES string of the molecule is CC(C)CC(=O)Nc1ccc2c(c1)CC(C(=O)NCC1CCCCC1)CO2. The summed E-state index contributed by atoms with van der Waals surface area (Å²) in [5.41, 5.74) is 1.76. The van der Waals surface area contributed by atoms with Crippen LogP contribution < -0.4 is 15.4 Å². The normalized spacial score (nSPS) is 19.9. The summed E-state index contributed by atoms with van der Waals surface area (Å²) < 4.78 is 5.80. The molecule has 2 amide bonds. The Morgan fingerprint density at radius 1 is 1.19 bits per heavy atom. The van der Waals surface area contributed by atoms with Crippen molar-refractivity contribution in [2.75, 3.05) is 18.5 Å². The Morgan fingerprint density at radius 2 is 1.96 bits per heavy atom. The number of hydrogen-bond acceptors (Lipinski definition) is 3. The minimum atomic E-state index is -0.164. The van der Waals surface area contributed by atoms with Gasteiger partial charge in [-0.25, -0.2) is 0 Å². The van der Waals surface area contributed by atoms with Gasteiger partial charge in [0.25, 0.3) is 0 Å². The van der Waals surface area contributed by atoms with Gasteiger partial charge in [-0.15, -0.1) is 0 Å². The van der Waals surface area contributed by atoms with Gasteiger partial charge in [0, 0.05) is 18.7 Å². The Bertz CT molecular complexity index is 666. The summed E-state index contributed by atoms with van der Waals surface area (Å²) in [4.78, 5) is 24.6. The molecule has 5 heteroatoms. The van der Waals surface area contributed by atoms with E-state index < -0.39 is 0 Å². The zero-order valence-electron chi connectivity index (χ0n) is 16.6. The van der Waals surface area contributed by atoms with E-state index in [0.717, 1.165) is 23.5 Å². The van der Waals surface area contributed by atoms with Gasteiger partial charge in [0.2, 0.25) is 11.8 Å². The number of anilines is 1. The van der Waals surface area contributed by atoms with Crippen LogP contribution in [-0.2, 0) is 16.0 Å². The van der Waals surface area contributed by atoms with Crippen molar-refractivity contribution in [2.24, 2.45) is 17.8 Å². The van der Waals surface area contributed by atoms with Crippen LogP contribution in [0.5, 0.6) is 5.75 Å². The van der Waals surface area contributed by atoms with Gasteiger partial charge >= 0.3 is 0 Å². The molecule has 1 atom stereocenters. The summed E-state index contributed by atoms with van der Waals surface area (Å²) >= 11 is 0. The number of fused-ring (bicyclic) bond motifs is 1. The van der Waals surface area contributed by atoms with Crippen molar-refractivity contribution in [1.29, 1.82) is 0 Å². The molecule has 1 unspecified atom stereocenters. The van der Waals surface area contributed by atoms with E-state index in [1.807, 2.05) is 32.0 Å². The van der Waals surface area contributed by atoms with Crippen LogP contribution >= 0.6 is 0 Å². The maximum absolute atomic E-state index is 12.6. The van der Waals surface area contributed by atoms with Gasteiger partial charge in [-0.05, 0) is 54.9 Å². The number of rotatable bonds is 6. The van der Waals surface area contributed by atoms with E-state index in [1.165, 1.54) is 32.1 Å². The van der Waals surface area contributed by atoms with Crippen LogP contribution in [0.4, 0.5) is 5.69 Å². The minimum Gasteiger partial charge on any atom is -0.492 e. The maximum Gasteiger partial charge on any atom is 0.226 e. The minimum absolute atomic E-state index is 0.0171. The molecule has 0 bridgehead atoms. The highest BCUT2D eigenvalue weighted by Crippen LogP contribution is 2.30. The molecule has 2 aliphatic rings. The molecular weight excluding hydrogens is 340 g/mol. The molecule has 1 aliphatic heterocycles. The Morgan fingerprint density at radius 3 is 2.70 bits per heavy atom. The monoisotopic (exact) mass is 372 g/mol. The summed E-state index contributed by atoms with van der Waals surface area (Å²) in [5.74, 6) is 1.70. The van der Waals surface area contributed by atoms with Crippen LogP contribution in [0, 0.1) is 17.8 Å². The van der Waals surface area contributed by atoms with Crippen molar-refractivity contribution >= 4 is 17.5 Å². The second kappa shape index (κ2) is 9.25. The van der Waals surface area contributed by atoms with E-state index in [4.69, 9.17) is 4.74 Å². The fourth-order valence-electron chi connectivity index (χ4n) is 4.00. The van der Waals surface area contributed by atoms with Crippen molar-refractivity contribution in [3.8, 4) is 5.75 Å². The zero-order valence-corrected chi connectivity index (χ0v) is 16.6. The number of carbonyl (C=O) groups is 2.